The van der Waals surface area contributed by atoms with Crippen molar-refractivity contribution in [2.24, 2.45) is 0 Å². The van der Waals surface area contributed by atoms with Gasteiger partial charge in [-0.05, 0) is 40.2 Å². The minimum atomic E-state index is 0.285. The maximum Gasteiger partial charge on any atom is 0.221 e. The lowest BCUT2D eigenvalue weighted by atomic mass is 9.90. The molecule has 1 aliphatic heterocycles. The molecule has 3 rings (SSSR count). The Labute approximate surface area is 143 Å². The minimum absolute atomic E-state index is 0.285. The van der Waals surface area contributed by atoms with E-state index in [2.05, 4.69) is 33.9 Å². The monoisotopic (exact) mass is 330 g/mol. The van der Waals surface area contributed by atoms with Crippen molar-refractivity contribution in [3.8, 4) is 5.75 Å². The molecule has 2 atom stereocenters. The van der Waals surface area contributed by atoms with Crippen LogP contribution in [0.5, 0.6) is 5.75 Å². The van der Waals surface area contributed by atoms with Gasteiger partial charge in [-0.15, -0.1) is 10.2 Å². The van der Waals surface area contributed by atoms with Crippen LogP contribution in [0.1, 0.15) is 54.3 Å². The van der Waals surface area contributed by atoms with E-state index in [9.17, 15) is 0 Å². The number of nitrogens with zero attached hydrogens (tertiary/aromatic N) is 4. The van der Waals surface area contributed by atoms with E-state index in [-0.39, 0.29) is 5.92 Å². The van der Waals surface area contributed by atoms with Crippen molar-refractivity contribution in [3.63, 3.8) is 0 Å². The first-order chi connectivity index (χ1) is 11.5. The molecule has 1 fully saturated rings. The number of hydrogen-bond donors (Lipinski definition) is 0. The number of aryl methyl sites for hydroxylation is 2. The maximum absolute atomic E-state index is 5.68. The smallest absolute Gasteiger partial charge is 0.221 e. The Bertz CT molecular complexity index is 713. The number of aromatic nitrogens is 3. The van der Waals surface area contributed by atoms with Crippen LogP contribution in [-0.2, 0) is 6.54 Å². The first-order valence-electron chi connectivity index (χ1n) is 8.54. The number of methoxy groups -OCH3 is 1. The molecule has 3 heterocycles. The largest absolute Gasteiger partial charge is 0.496 e. The fourth-order valence-corrected chi connectivity index (χ4v) is 3.65. The molecule has 130 valence electrons. The summed E-state index contributed by atoms with van der Waals surface area (Å²) < 4.78 is 11.2. The standard InChI is InChI=1S/C18H26N4O2/c1-11-9-19-16(12(2)17(11)23-5)10-22-8-6-7-15(13(22)3)18-21-20-14(4)24-18/h9,13,15H,6-8,10H2,1-5H3/t13-,15-/m0/s1. The van der Waals surface area contributed by atoms with Gasteiger partial charge < -0.3 is 9.15 Å². The lowest BCUT2D eigenvalue weighted by molar-refractivity contribution is 0.117. The average Bonchev–Trinajstić information content (AvgIpc) is 2.98. The highest BCUT2D eigenvalue weighted by atomic mass is 16.5. The summed E-state index contributed by atoms with van der Waals surface area (Å²) >= 11 is 0. The second kappa shape index (κ2) is 6.89. The number of hydrogen-bond acceptors (Lipinski definition) is 6. The summed E-state index contributed by atoms with van der Waals surface area (Å²) in [6.07, 6.45) is 4.11. The summed E-state index contributed by atoms with van der Waals surface area (Å²) in [5.41, 5.74) is 3.27. The average molecular weight is 330 g/mol. The van der Waals surface area contributed by atoms with Gasteiger partial charge in [0.2, 0.25) is 11.8 Å². The first kappa shape index (κ1) is 16.9. The summed E-state index contributed by atoms with van der Waals surface area (Å²) in [6.45, 7) is 10.1. The van der Waals surface area contributed by atoms with E-state index in [1.54, 1.807) is 7.11 Å². The number of piperidine rings is 1. The third-order valence-corrected chi connectivity index (χ3v) is 5.08. The molecular weight excluding hydrogens is 304 g/mol. The highest BCUT2D eigenvalue weighted by Gasteiger charge is 2.33. The second-order valence-electron chi connectivity index (χ2n) is 6.67. The summed E-state index contributed by atoms with van der Waals surface area (Å²) in [7, 11) is 1.72. The molecular formula is C18H26N4O2. The highest BCUT2D eigenvalue weighted by molar-refractivity contribution is 5.41. The van der Waals surface area contributed by atoms with Crippen molar-refractivity contribution in [2.45, 2.75) is 59.0 Å². The molecule has 6 nitrogen and oxygen atoms in total. The molecule has 0 amide bonds. The molecule has 6 heteroatoms. The molecule has 1 aliphatic rings. The zero-order chi connectivity index (χ0) is 17.3. The molecule has 0 unspecified atom stereocenters. The first-order valence-corrected chi connectivity index (χ1v) is 8.54. The molecule has 1 saturated heterocycles. The Kier molecular flexibility index (Phi) is 4.85. The van der Waals surface area contributed by atoms with Gasteiger partial charge in [0, 0.05) is 36.8 Å². The fraction of sp³-hybridized carbons (Fsp3) is 0.611. The van der Waals surface area contributed by atoms with Crippen LogP contribution in [0.3, 0.4) is 0 Å². The molecule has 0 bridgehead atoms. The van der Waals surface area contributed by atoms with Crippen LogP contribution in [0.25, 0.3) is 0 Å². The van der Waals surface area contributed by atoms with E-state index in [0.29, 0.717) is 11.9 Å². The quantitative estimate of drug-likeness (QED) is 0.858. The molecule has 0 radical (unpaired) electrons. The Morgan fingerprint density at radius 1 is 1.29 bits per heavy atom. The van der Waals surface area contributed by atoms with Crippen molar-refractivity contribution in [3.05, 3.63) is 34.8 Å². The van der Waals surface area contributed by atoms with Gasteiger partial charge in [-0.25, -0.2) is 0 Å². The predicted octanol–water partition coefficient (Wildman–Crippen LogP) is 3.17. The van der Waals surface area contributed by atoms with Gasteiger partial charge in [-0.3, -0.25) is 9.88 Å². The maximum atomic E-state index is 5.68. The number of ether oxygens (including phenoxy) is 1. The number of rotatable bonds is 4. The van der Waals surface area contributed by atoms with Crippen molar-refractivity contribution in [2.75, 3.05) is 13.7 Å². The van der Waals surface area contributed by atoms with Gasteiger partial charge in [0.15, 0.2) is 0 Å². The van der Waals surface area contributed by atoms with Crippen LogP contribution < -0.4 is 4.74 Å². The SMILES string of the molecule is COc1c(C)cnc(CN2CCC[C@H](c3nnc(C)o3)[C@@H]2C)c1C. The predicted molar refractivity (Wildman–Crippen MR) is 91.1 cm³/mol. The van der Waals surface area contributed by atoms with E-state index in [1.807, 2.05) is 20.0 Å². The topological polar surface area (TPSA) is 64.3 Å². The summed E-state index contributed by atoms with van der Waals surface area (Å²) in [4.78, 5) is 7.10. The zero-order valence-electron chi connectivity index (χ0n) is 15.2. The molecule has 0 aliphatic carbocycles. The van der Waals surface area contributed by atoms with Crippen molar-refractivity contribution < 1.29 is 9.15 Å². The van der Waals surface area contributed by atoms with Crippen LogP contribution in [0.2, 0.25) is 0 Å². The molecule has 0 N–H and O–H groups in total. The lowest BCUT2D eigenvalue weighted by Gasteiger charge is -2.38. The molecule has 24 heavy (non-hydrogen) atoms. The van der Waals surface area contributed by atoms with Crippen LogP contribution in [0.15, 0.2) is 10.6 Å². The van der Waals surface area contributed by atoms with E-state index in [1.165, 1.54) is 0 Å². The summed E-state index contributed by atoms with van der Waals surface area (Å²) in [6, 6.07) is 0.340. The molecule has 0 spiro atoms. The third kappa shape index (κ3) is 3.15. The van der Waals surface area contributed by atoms with Crippen molar-refractivity contribution in [1.82, 2.24) is 20.1 Å². The fourth-order valence-electron chi connectivity index (χ4n) is 3.65. The van der Waals surface area contributed by atoms with Gasteiger partial charge in [0.1, 0.15) is 5.75 Å². The van der Waals surface area contributed by atoms with E-state index >= 15 is 0 Å². The van der Waals surface area contributed by atoms with Gasteiger partial charge in [0.05, 0.1) is 18.7 Å². The highest BCUT2D eigenvalue weighted by Crippen LogP contribution is 2.33. The van der Waals surface area contributed by atoms with E-state index < -0.39 is 0 Å². The van der Waals surface area contributed by atoms with E-state index in [4.69, 9.17) is 9.15 Å². The van der Waals surface area contributed by atoms with Gasteiger partial charge in [-0.2, -0.15) is 0 Å². The number of likely N-dealkylation sites (tertiary alicyclic amines) is 1. The Morgan fingerprint density at radius 3 is 2.75 bits per heavy atom. The van der Waals surface area contributed by atoms with Crippen LogP contribution in [0.4, 0.5) is 0 Å². The van der Waals surface area contributed by atoms with Crippen LogP contribution in [0, 0.1) is 20.8 Å². The van der Waals surface area contributed by atoms with Gasteiger partial charge in [0.25, 0.3) is 0 Å². The zero-order valence-corrected chi connectivity index (χ0v) is 15.2. The third-order valence-electron chi connectivity index (χ3n) is 5.08. The van der Waals surface area contributed by atoms with Gasteiger partial charge >= 0.3 is 0 Å². The minimum Gasteiger partial charge on any atom is -0.496 e. The Morgan fingerprint density at radius 2 is 2.08 bits per heavy atom. The molecule has 0 saturated carbocycles. The molecule has 2 aromatic rings. The second-order valence-corrected chi connectivity index (χ2v) is 6.67. The van der Waals surface area contributed by atoms with Crippen LogP contribution >= 0.6 is 0 Å². The lowest BCUT2D eigenvalue weighted by Crippen LogP contribution is -2.42. The number of pyridine rings is 1. The normalized spacial score (nSPS) is 21.9. The summed E-state index contributed by atoms with van der Waals surface area (Å²) in [5.74, 6) is 2.62. The Balaban J connectivity index is 1.80. The molecule has 0 aromatic carbocycles. The van der Waals surface area contributed by atoms with Crippen molar-refractivity contribution >= 4 is 0 Å². The van der Waals surface area contributed by atoms with Gasteiger partial charge in [-0.1, -0.05) is 0 Å². The summed E-state index contributed by atoms with van der Waals surface area (Å²) in [5, 5.41) is 8.23. The Hall–Kier alpha value is -1.95. The molecule has 2 aromatic heterocycles. The van der Waals surface area contributed by atoms with E-state index in [0.717, 1.165) is 54.4 Å². The van der Waals surface area contributed by atoms with Crippen molar-refractivity contribution in [1.29, 1.82) is 0 Å². The van der Waals surface area contributed by atoms with Crippen LogP contribution in [-0.4, -0.2) is 39.8 Å².